The number of amides is 1. The number of benzene rings is 1. The molecule has 1 aromatic carbocycles. The monoisotopic (exact) mass is 271 g/mol. The topological polar surface area (TPSA) is 75.6 Å². The van der Waals surface area contributed by atoms with Crippen LogP contribution in [0.3, 0.4) is 0 Å². The summed E-state index contributed by atoms with van der Waals surface area (Å²) in [5.41, 5.74) is 0.919. The summed E-state index contributed by atoms with van der Waals surface area (Å²) in [7, 11) is 0. The van der Waals surface area contributed by atoms with Crippen LogP contribution in [0.1, 0.15) is 17.3 Å². The minimum atomic E-state index is -0.714. The maximum atomic E-state index is 11.6. The first-order valence-electron chi connectivity index (χ1n) is 5.32. The Bertz CT molecular complexity index is 415. The second-order valence-corrected chi connectivity index (χ2v) is 3.93. The molecule has 0 saturated carbocycles. The van der Waals surface area contributed by atoms with Crippen molar-refractivity contribution in [3.05, 3.63) is 29.8 Å². The van der Waals surface area contributed by atoms with Crippen LogP contribution in [0.5, 0.6) is 0 Å². The molecule has 0 aliphatic rings. The van der Waals surface area contributed by atoms with Crippen molar-refractivity contribution < 1.29 is 19.4 Å². The molecule has 0 aliphatic heterocycles. The number of rotatable bonds is 5. The number of alkyl halides is 1. The number of halogens is 1. The van der Waals surface area contributed by atoms with Crippen molar-refractivity contribution in [2.75, 3.05) is 17.8 Å². The van der Waals surface area contributed by atoms with Gasteiger partial charge in [0.25, 0.3) is 0 Å². The van der Waals surface area contributed by atoms with Crippen molar-refractivity contribution in [1.82, 2.24) is 0 Å². The fourth-order valence-electron chi connectivity index (χ4n) is 1.23. The van der Waals surface area contributed by atoms with E-state index in [9.17, 15) is 9.59 Å². The molecule has 0 fully saturated rings. The molecule has 0 radical (unpaired) electrons. The van der Waals surface area contributed by atoms with Gasteiger partial charge >= 0.3 is 5.97 Å². The third-order valence-corrected chi connectivity index (χ3v) is 2.43. The minimum Gasteiger partial charge on any atom is -0.455 e. The van der Waals surface area contributed by atoms with Crippen LogP contribution in [0.4, 0.5) is 5.69 Å². The Morgan fingerprint density at radius 3 is 2.44 bits per heavy atom. The molecule has 1 amide bonds. The summed E-state index contributed by atoms with van der Waals surface area (Å²) in [6.07, 6.45) is -0.714. The molecule has 0 aromatic heterocycles. The molecular formula is C12H14ClNO4. The number of aliphatic hydroxyl groups is 1. The molecule has 6 heteroatoms. The fraction of sp³-hybridized carbons (Fsp3) is 0.333. The highest BCUT2D eigenvalue weighted by molar-refractivity contribution is 6.18. The fourth-order valence-corrected chi connectivity index (χ4v) is 1.39. The summed E-state index contributed by atoms with van der Waals surface area (Å²) in [6.45, 7) is 1.08. The lowest BCUT2D eigenvalue weighted by atomic mass is 10.2. The number of aliphatic hydroxyl groups excluding tert-OH is 1. The molecular weight excluding hydrogens is 258 g/mol. The lowest BCUT2D eigenvalue weighted by Crippen LogP contribution is -2.23. The number of carbonyl (C=O) groups excluding carboxylic acids is 2. The Balaban J connectivity index is 2.67. The van der Waals surface area contributed by atoms with Gasteiger partial charge in [0.05, 0.1) is 18.1 Å². The van der Waals surface area contributed by atoms with Crippen molar-refractivity contribution in [2.24, 2.45) is 0 Å². The van der Waals surface area contributed by atoms with Crippen LogP contribution in [-0.2, 0) is 9.53 Å². The Labute approximate surface area is 110 Å². The van der Waals surface area contributed by atoms with Crippen molar-refractivity contribution in [3.8, 4) is 0 Å². The largest absolute Gasteiger partial charge is 0.455 e. The second-order valence-electron chi connectivity index (χ2n) is 3.62. The summed E-state index contributed by atoms with van der Waals surface area (Å²) in [4.78, 5) is 22.4. The molecule has 1 aromatic rings. The van der Waals surface area contributed by atoms with Gasteiger partial charge in [-0.05, 0) is 24.3 Å². The van der Waals surface area contributed by atoms with E-state index in [2.05, 4.69) is 5.32 Å². The standard InChI is InChI=1S/C12H14ClNO4/c1-8(16)14-10-4-2-9(3-5-10)12(17)18-11(6-13)7-15/h2-5,11,15H,6-7H2,1H3,(H,14,16). The van der Waals surface area contributed by atoms with E-state index in [1.54, 1.807) is 12.1 Å². The van der Waals surface area contributed by atoms with Gasteiger partial charge in [-0.15, -0.1) is 11.6 Å². The highest BCUT2D eigenvalue weighted by atomic mass is 35.5. The molecule has 0 bridgehead atoms. The predicted molar refractivity (Wildman–Crippen MR) is 67.8 cm³/mol. The first-order chi connectivity index (χ1) is 8.56. The average Bonchev–Trinajstić information content (AvgIpc) is 2.35. The van der Waals surface area contributed by atoms with Crippen molar-refractivity contribution in [1.29, 1.82) is 0 Å². The third kappa shape index (κ3) is 4.35. The van der Waals surface area contributed by atoms with Gasteiger partial charge in [0.1, 0.15) is 6.10 Å². The van der Waals surface area contributed by atoms with Gasteiger partial charge in [-0.2, -0.15) is 0 Å². The zero-order valence-corrected chi connectivity index (χ0v) is 10.6. The molecule has 98 valence electrons. The molecule has 0 spiro atoms. The Kier molecular flexibility index (Phi) is 5.61. The van der Waals surface area contributed by atoms with E-state index >= 15 is 0 Å². The molecule has 0 aliphatic carbocycles. The summed E-state index contributed by atoms with van der Waals surface area (Å²) in [6, 6.07) is 6.23. The van der Waals surface area contributed by atoms with Crippen LogP contribution in [0.15, 0.2) is 24.3 Å². The zero-order chi connectivity index (χ0) is 13.5. The van der Waals surface area contributed by atoms with E-state index in [4.69, 9.17) is 21.4 Å². The molecule has 2 N–H and O–H groups in total. The highest BCUT2D eigenvalue weighted by Crippen LogP contribution is 2.11. The summed E-state index contributed by atoms with van der Waals surface area (Å²) in [5.74, 6) is -0.719. The van der Waals surface area contributed by atoms with Gasteiger partial charge in [-0.25, -0.2) is 4.79 Å². The summed E-state index contributed by atoms with van der Waals surface area (Å²) >= 11 is 5.50. The molecule has 18 heavy (non-hydrogen) atoms. The smallest absolute Gasteiger partial charge is 0.338 e. The minimum absolute atomic E-state index is 0.0339. The van der Waals surface area contributed by atoms with Gasteiger partial charge in [0.2, 0.25) is 5.91 Å². The van der Waals surface area contributed by atoms with Gasteiger partial charge in [-0.1, -0.05) is 0 Å². The van der Waals surface area contributed by atoms with Crippen LogP contribution in [-0.4, -0.2) is 35.6 Å². The normalized spacial score (nSPS) is 11.7. The summed E-state index contributed by atoms with van der Waals surface area (Å²) < 4.78 is 4.95. The van der Waals surface area contributed by atoms with Crippen molar-refractivity contribution >= 4 is 29.2 Å². The maximum absolute atomic E-state index is 11.6. The Hall–Kier alpha value is -1.59. The maximum Gasteiger partial charge on any atom is 0.338 e. The van der Waals surface area contributed by atoms with Crippen LogP contribution in [0.2, 0.25) is 0 Å². The predicted octanol–water partition coefficient (Wildman–Crippen LogP) is 1.40. The van der Waals surface area contributed by atoms with E-state index in [0.717, 1.165) is 0 Å². The average molecular weight is 272 g/mol. The van der Waals surface area contributed by atoms with Crippen LogP contribution in [0.25, 0.3) is 0 Å². The molecule has 5 nitrogen and oxygen atoms in total. The van der Waals surface area contributed by atoms with Crippen LogP contribution >= 0.6 is 11.6 Å². The zero-order valence-electron chi connectivity index (χ0n) is 9.85. The van der Waals surface area contributed by atoms with Crippen molar-refractivity contribution in [3.63, 3.8) is 0 Å². The van der Waals surface area contributed by atoms with Gasteiger partial charge in [0, 0.05) is 12.6 Å². The Morgan fingerprint density at radius 1 is 1.39 bits per heavy atom. The van der Waals surface area contributed by atoms with Gasteiger partial charge in [0.15, 0.2) is 0 Å². The van der Waals surface area contributed by atoms with Crippen molar-refractivity contribution in [2.45, 2.75) is 13.0 Å². The lowest BCUT2D eigenvalue weighted by molar-refractivity contribution is -0.114. The number of carbonyl (C=O) groups is 2. The quantitative estimate of drug-likeness (QED) is 0.627. The summed E-state index contributed by atoms with van der Waals surface area (Å²) in [5, 5.41) is 11.4. The SMILES string of the molecule is CC(=O)Nc1ccc(C(=O)OC(CO)CCl)cc1. The van der Waals surface area contributed by atoms with Crippen LogP contribution in [0, 0.1) is 0 Å². The highest BCUT2D eigenvalue weighted by Gasteiger charge is 2.14. The number of hydrogen-bond acceptors (Lipinski definition) is 4. The first-order valence-corrected chi connectivity index (χ1v) is 5.85. The molecule has 1 rings (SSSR count). The Morgan fingerprint density at radius 2 is 2.00 bits per heavy atom. The van der Waals surface area contributed by atoms with E-state index in [1.165, 1.54) is 19.1 Å². The van der Waals surface area contributed by atoms with E-state index in [0.29, 0.717) is 11.3 Å². The second kappa shape index (κ2) is 6.98. The number of hydrogen-bond donors (Lipinski definition) is 2. The van der Waals surface area contributed by atoms with Crippen LogP contribution < -0.4 is 5.32 Å². The number of ether oxygens (including phenoxy) is 1. The number of esters is 1. The van der Waals surface area contributed by atoms with E-state index in [-0.39, 0.29) is 18.4 Å². The third-order valence-electron chi connectivity index (χ3n) is 2.09. The van der Waals surface area contributed by atoms with Gasteiger partial charge in [-0.3, -0.25) is 4.79 Å². The lowest BCUT2D eigenvalue weighted by Gasteiger charge is -2.12. The number of nitrogens with one attached hydrogen (secondary N) is 1. The van der Waals surface area contributed by atoms with Gasteiger partial charge < -0.3 is 15.2 Å². The molecule has 1 atom stereocenters. The molecule has 1 unspecified atom stereocenters. The number of anilines is 1. The van der Waals surface area contributed by atoms with E-state index < -0.39 is 12.1 Å². The first kappa shape index (κ1) is 14.5. The molecule has 0 saturated heterocycles. The molecule has 0 heterocycles. The van der Waals surface area contributed by atoms with E-state index in [1.807, 2.05) is 0 Å².